The maximum atomic E-state index is 11.3. The molecule has 0 spiro atoms. The molecule has 0 fully saturated rings. The van der Waals surface area contributed by atoms with Gasteiger partial charge in [-0.1, -0.05) is 0 Å². The third-order valence-electron chi connectivity index (χ3n) is 2.14. The topological polar surface area (TPSA) is 80.3 Å². The summed E-state index contributed by atoms with van der Waals surface area (Å²) >= 11 is 0. The first-order valence-corrected chi connectivity index (χ1v) is 7.42. The van der Waals surface area contributed by atoms with Crippen LogP contribution >= 0.6 is 0 Å². The number of hydrogen-bond donors (Lipinski definition) is 0. The van der Waals surface area contributed by atoms with E-state index in [2.05, 4.69) is 0 Å². The number of carbonyl (C=O) groups excluding carboxylic acids is 2. The highest BCUT2D eigenvalue weighted by atomic mass is 16.6. The number of aldehydes is 1. The predicted molar refractivity (Wildman–Crippen MR) is 79.8 cm³/mol. The summed E-state index contributed by atoms with van der Waals surface area (Å²) in [6.07, 6.45) is 1.23. The van der Waals surface area contributed by atoms with E-state index in [-0.39, 0.29) is 12.6 Å². The monoisotopic (exact) mass is 320 g/mol. The quantitative estimate of drug-likeness (QED) is 0.268. The van der Waals surface area contributed by atoms with Gasteiger partial charge in [0.1, 0.15) is 18.5 Å². The van der Waals surface area contributed by atoms with Crippen LogP contribution in [0.15, 0.2) is 0 Å². The van der Waals surface area contributed by atoms with Gasteiger partial charge in [-0.15, -0.1) is 0 Å². The average molecular weight is 320 g/mol. The van der Waals surface area contributed by atoms with Gasteiger partial charge < -0.3 is 28.5 Å². The Hall–Kier alpha value is -1.02. The second-order valence-electron chi connectivity index (χ2n) is 5.43. The Balaban J connectivity index is 3.17. The van der Waals surface area contributed by atoms with E-state index in [0.717, 1.165) is 6.29 Å². The Morgan fingerprint density at radius 3 is 1.73 bits per heavy atom. The molecular formula is C15H28O7. The lowest BCUT2D eigenvalue weighted by Gasteiger charge is -2.19. The predicted octanol–water partition coefficient (Wildman–Crippen LogP) is 0.984. The van der Waals surface area contributed by atoms with E-state index in [9.17, 15) is 9.59 Å². The second-order valence-corrected chi connectivity index (χ2v) is 5.43. The highest BCUT2D eigenvalue weighted by Crippen LogP contribution is 2.06. The lowest BCUT2D eigenvalue weighted by Crippen LogP contribution is -2.27. The van der Waals surface area contributed by atoms with E-state index in [1.807, 2.05) is 0 Å². The molecule has 0 radical (unpaired) electrons. The minimum atomic E-state index is -0.495. The first kappa shape index (κ1) is 21.0. The van der Waals surface area contributed by atoms with Crippen LogP contribution in [-0.2, 0) is 33.3 Å². The number of esters is 1. The van der Waals surface area contributed by atoms with E-state index in [4.69, 9.17) is 23.7 Å². The summed E-state index contributed by atoms with van der Waals surface area (Å²) in [4.78, 5) is 21.3. The summed E-state index contributed by atoms with van der Waals surface area (Å²) in [6.45, 7) is 8.34. The molecule has 0 saturated heterocycles. The summed E-state index contributed by atoms with van der Waals surface area (Å²) in [6, 6.07) is 0. The Morgan fingerprint density at radius 1 is 0.818 bits per heavy atom. The van der Waals surface area contributed by atoms with Gasteiger partial charge in [0.05, 0.1) is 46.2 Å². The molecule has 7 heteroatoms. The first-order chi connectivity index (χ1) is 10.5. The van der Waals surface area contributed by atoms with E-state index < -0.39 is 5.60 Å². The average Bonchev–Trinajstić information content (AvgIpc) is 2.42. The molecule has 0 saturated carbocycles. The number of carbonyl (C=O) groups is 2. The minimum absolute atomic E-state index is 0.0741. The third-order valence-corrected chi connectivity index (χ3v) is 2.14. The van der Waals surface area contributed by atoms with Gasteiger partial charge in [-0.2, -0.15) is 0 Å². The molecule has 0 heterocycles. The van der Waals surface area contributed by atoms with Crippen LogP contribution in [-0.4, -0.2) is 70.7 Å². The van der Waals surface area contributed by atoms with Gasteiger partial charge in [-0.3, -0.25) is 0 Å². The highest BCUT2D eigenvalue weighted by Gasteiger charge is 2.15. The molecule has 0 rings (SSSR count). The lowest BCUT2D eigenvalue weighted by molar-refractivity contribution is -0.160. The zero-order valence-corrected chi connectivity index (χ0v) is 13.8. The van der Waals surface area contributed by atoms with Gasteiger partial charge in [0.15, 0.2) is 0 Å². The fraction of sp³-hybridized carbons (Fsp3) is 0.867. The molecule has 0 aliphatic carbocycles. The van der Waals surface area contributed by atoms with Gasteiger partial charge >= 0.3 is 5.97 Å². The molecule has 0 amide bonds. The van der Waals surface area contributed by atoms with Crippen molar-refractivity contribution < 1.29 is 33.3 Å². The summed E-state index contributed by atoms with van der Waals surface area (Å²) in [7, 11) is 0. The van der Waals surface area contributed by atoms with Crippen LogP contribution in [0.25, 0.3) is 0 Å². The normalized spacial score (nSPS) is 11.4. The van der Waals surface area contributed by atoms with Gasteiger partial charge in [0.2, 0.25) is 0 Å². The zero-order valence-electron chi connectivity index (χ0n) is 13.8. The summed E-state index contributed by atoms with van der Waals surface area (Å²) in [5, 5.41) is 0. The van der Waals surface area contributed by atoms with E-state index in [1.165, 1.54) is 0 Å². The van der Waals surface area contributed by atoms with Crippen LogP contribution in [0.5, 0.6) is 0 Å². The SMILES string of the molecule is CC(C)(C)OC(=O)COCCOCCOCCOCCC=O. The molecular weight excluding hydrogens is 292 g/mol. The molecule has 0 bridgehead atoms. The molecule has 0 aromatic carbocycles. The van der Waals surface area contributed by atoms with Crippen molar-refractivity contribution in [1.29, 1.82) is 0 Å². The standard InChI is InChI=1S/C15H28O7/c1-15(2,3)22-14(17)13-21-12-11-20-10-9-19-8-7-18-6-4-5-16/h5H,4,6-13H2,1-3H3. The second kappa shape index (κ2) is 13.6. The van der Waals surface area contributed by atoms with Crippen LogP contribution in [0.1, 0.15) is 27.2 Å². The molecule has 130 valence electrons. The Morgan fingerprint density at radius 2 is 1.27 bits per heavy atom. The molecule has 0 aromatic heterocycles. The Bertz CT molecular complexity index is 286. The first-order valence-electron chi connectivity index (χ1n) is 7.42. The van der Waals surface area contributed by atoms with Crippen molar-refractivity contribution in [2.75, 3.05) is 52.9 Å². The highest BCUT2D eigenvalue weighted by molar-refractivity contribution is 5.71. The van der Waals surface area contributed by atoms with Gasteiger partial charge in [0.25, 0.3) is 0 Å². The van der Waals surface area contributed by atoms with E-state index >= 15 is 0 Å². The van der Waals surface area contributed by atoms with Crippen molar-refractivity contribution in [2.45, 2.75) is 32.8 Å². The fourth-order valence-electron chi connectivity index (χ4n) is 1.32. The van der Waals surface area contributed by atoms with Crippen LogP contribution < -0.4 is 0 Å². The molecule has 0 N–H and O–H groups in total. The van der Waals surface area contributed by atoms with Crippen molar-refractivity contribution in [3.8, 4) is 0 Å². The minimum Gasteiger partial charge on any atom is -0.458 e. The third kappa shape index (κ3) is 17.0. The molecule has 7 nitrogen and oxygen atoms in total. The van der Waals surface area contributed by atoms with Crippen LogP contribution in [0.4, 0.5) is 0 Å². The summed E-state index contributed by atoms with van der Waals surface area (Å²) in [5.74, 6) is -0.384. The molecule has 0 aliphatic heterocycles. The molecule has 0 aromatic rings. The Labute approximate surface area is 132 Å². The van der Waals surface area contributed by atoms with Crippen molar-refractivity contribution >= 4 is 12.3 Å². The Kier molecular flexibility index (Phi) is 13.0. The summed E-state index contributed by atoms with van der Waals surface area (Å²) < 4.78 is 25.9. The fourth-order valence-corrected chi connectivity index (χ4v) is 1.32. The van der Waals surface area contributed by atoms with E-state index in [1.54, 1.807) is 20.8 Å². The van der Waals surface area contributed by atoms with Gasteiger partial charge in [-0.05, 0) is 20.8 Å². The van der Waals surface area contributed by atoms with Crippen LogP contribution in [0.2, 0.25) is 0 Å². The molecule has 0 atom stereocenters. The number of ether oxygens (including phenoxy) is 5. The van der Waals surface area contributed by atoms with Crippen molar-refractivity contribution in [3.63, 3.8) is 0 Å². The van der Waals surface area contributed by atoms with Crippen molar-refractivity contribution in [2.24, 2.45) is 0 Å². The number of rotatable bonds is 14. The van der Waals surface area contributed by atoms with Gasteiger partial charge in [-0.25, -0.2) is 4.79 Å². The molecule has 0 unspecified atom stereocenters. The van der Waals surface area contributed by atoms with Crippen LogP contribution in [0.3, 0.4) is 0 Å². The van der Waals surface area contributed by atoms with Crippen LogP contribution in [0, 0.1) is 0 Å². The maximum Gasteiger partial charge on any atom is 0.332 e. The van der Waals surface area contributed by atoms with Crippen molar-refractivity contribution in [1.82, 2.24) is 0 Å². The summed E-state index contributed by atoms with van der Waals surface area (Å²) in [5.41, 5.74) is -0.495. The number of hydrogen-bond acceptors (Lipinski definition) is 7. The largest absolute Gasteiger partial charge is 0.458 e. The molecule has 22 heavy (non-hydrogen) atoms. The maximum absolute atomic E-state index is 11.3. The van der Waals surface area contributed by atoms with E-state index in [0.29, 0.717) is 52.7 Å². The lowest BCUT2D eigenvalue weighted by atomic mass is 10.2. The van der Waals surface area contributed by atoms with Gasteiger partial charge in [0, 0.05) is 6.42 Å². The molecule has 0 aliphatic rings. The smallest absolute Gasteiger partial charge is 0.332 e. The van der Waals surface area contributed by atoms with Crippen molar-refractivity contribution in [3.05, 3.63) is 0 Å². The zero-order chi connectivity index (χ0) is 16.7.